The van der Waals surface area contributed by atoms with Crippen molar-refractivity contribution in [3.8, 4) is 0 Å². The number of rotatable bonds is 7. The number of likely N-dealkylation sites (N-methyl/N-ethyl adjacent to an activating group) is 1. The van der Waals surface area contributed by atoms with Gasteiger partial charge in [0.05, 0.1) is 17.5 Å². The van der Waals surface area contributed by atoms with Gasteiger partial charge in [0.2, 0.25) is 11.8 Å². The van der Waals surface area contributed by atoms with Crippen molar-refractivity contribution in [2.45, 2.75) is 33.7 Å². The molecule has 29 heavy (non-hydrogen) atoms. The predicted molar refractivity (Wildman–Crippen MR) is 113 cm³/mol. The van der Waals surface area contributed by atoms with E-state index in [0.717, 1.165) is 22.4 Å². The molecule has 0 bridgehead atoms. The van der Waals surface area contributed by atoms with Crippen LogP contribution in [0.4, 0.5) is 17.1 Å². The summed E-state index contributed by atoms with van der Waals surface area (Å²) in [5, 5.41) is 16.6. The minimum Gasteiger partial charge on any atom is -0.324 e. The minimum absolute atomic E-state index is 0.00176. The molecule has 0 unspecified atom stereocenters. The highest BCUT2D eigenvalue weighted by Gasteiger charge is 2.23. The molecule has 0 fully saturated rings. The summed E-state index contributed by atoms with van der Waals surface area (Å²) in [5.41, 5.74) is 3.78. The molecular formula is C21H26N4O4. The first-order valence-corrected chi connectivity index (χ1v) is 9.22. The van der Waals surface area contributed by atoms with Crippen LogP contribution in [0.25, 0.3) is 0 Å². The van der Waals surface area contributed by atoms with Gasteiger partial charge in [0.1, 0.15) is 5.69 Å². The third-order valence-electron chi connectivity index (χ3n) is 4.73. The summed E-state index contributed by atoms with van der Waals surface area (Å²) in [5.74, 6) is -0.676. The van der Waals surface area contributed by atoms with Crippen LogP contribution < -0.4 is 10.6 Å². The molecular weight excluding hydrogens is 372 g/mol. The van der Waals surface area contributed by atoms with Crippen LogP contribution in [0.2, 0.25) is 0 Å². The highest BCUT2D eigenvalue weighted by molar-refractivity contribution is 5.98. The van der Waals surface area contributed by atoms with Gasteiger partial charge in [-0.1, -0.05) is 29.8 Å². The van der Waals surface area contributed by atoms with Crippen molar-refractivity contribution in [3.63, 3.8) is 0 Å². The number of para-hydroxylation sites is 2. The largest absolute Gasteiger partial charge is 0.324 e. The van der Waals surface area contributed by atoms with Gasteiger partial charge in [-0.3, -0.25) is 24.6 Å². The molecule has 0 aliphatic heterocycles. The van der Waals surface area contributed by atoms with E-state index in [-0.39, 0.29) is 23.8 Å². The van der Waals surface area contributed by atoms with Gasteiger partial charge in [-0.25, -0.2) is 0 Å². The summed E-state index contributed by atoms with van der Waals surface area (Å²) in [4.78, 5) is 37.1. The normalized spacial score (nSPS) is 11.8. The van der Waals surface area contributed by atoms with Crippen molar-refractivity contribution < 1.29 is 14.5 Å². The van der Waals surface area contributed by atoms with Gasteiger partial charge in [-0.2, -0.15) is 0 Å². The van der Waals surface area contributed by atoms with Crippen LogP contribution in [-0.2, 0) is 9.59 Å². The number of amides is 2. The standard InChI is InChI=1S/C21H26N4O4/c1-13-10-14(2)20(15(3)11-13)23-19(26)12-24(5)16(4)21(27)22-17-8-6-7-9-18(17)25(28)29/h6-11,16H,12H2,1-5H3,(H,22,27)(H,23,26)/t16-/m1/s1. The van der Waals surface area contributed by atoms with Gasteiger partial charge >= 0.3 is 0 Å². The summed E-state index contributed by atoms with van der Waals surface area (Å²) in [6.45, 7) is 7.50. The number of hydrogen-bond acceptors (Lipinski definition) is 5. The zero-order valence-corrected chi connectivity index (χ0v) is 17.3. The predicted octanol–water partition coefficient (Wildman–Crippen LogP) is 3.42. The number of aryl methyl sites for hydroxylation is 3. The van der Waals surface area contributed by atoms with Crippen LogP contribution in [0, 0.1) is 30.9 Å². The van der Waals surface area contributed by atoms with E-state index in [1.165, 1.54) is 18.2 Å². The van der Waals surface area contributed by atoms with Crippen molar-refractivity contribution in [2.24, 2.45) is 0 Å². The van der Waals surface area contributed by atoms with Crippen LogP contribution in [0.5, 0.6) is 0 Å². The van der Waals surface area contributed by atoms with Crippen molar-refractivity contribution in [2.75, 3.05) is 24.2 Å². The molecule has 8 heteroatoms. The Morgan fingerprint density at radius 3 is 2.28 bits per heavy atom. The number of nitrogens with one attached hydrogen (secondary N) is 2. The SMILES string of the molecule is Cc1cc(C)c(NC(=O)CN(C)[C@H](C)C(=O)Nc2ccccc2[N+](=O)[O-])c(C)c1. The molecule has 0 aromatic heterocycles. The number of carbonyl (C=O) groups is 2. The summed E-state index contributed by atoms with van der Waals surface area (Å²) < 4.78 is 0. The van der Waals surface area contributed by atoms with Crippen LogP contribution in [0.1, 0.15) is 23.6 Å². The first-order chi connectivity index (χ1) is 13.6. The van der Waals surface area contributed by atoms with Gasteiger partial charge in [0.25, 0.3) is 5.69 Å². The van der Waals surface area contributed by atoms with Gasteiger partial charge in [0.15, 0.2) is 0 Å². The van der Waals surface area contributed by atoms with Crippen LogP contribution in [0.3, 0.4) is 0 Å². The first-order valence-electron chi connectivity index (χ1n) is 9.22. The molecule has 2 rings (SSSR count). The van der Waals surface area contributed by atoms with Crippen molar-refractivity contribution >= 4 is 28.9 Å². The van der Waals surface area contributed by atoms with E-state index < -0.39 is 16.9 Å². The van der Waals surface area contributed by atoms with E-state index in [1.54, 1.807) is 24.9 Å². The molecule has 0 radical (unpaired) electrons. The summed E-state index contributed by atoms with van der Waals surface area (Å²) in [7, 11) is 1.65. The average Bonchev–Trinajstić information content (AvgIpc) is 2.64. The average molecular weight is 398 g/mol. The Labute approximate surface area is 170 Å². The second-order valence-electron chi connectivity index (χ2n) is 7.18. The molecule has 2 aromatic carbocycles. The van der Waals surface area contributed by atoms with Crippen LogP contribution in [0.15, 0.2) is 36.4 Å². The number of anilines is 2. The fraction of sp³-hybridized carbons (Fsp3) is 0.333. The third-order valence-corrected chi connectivity index (χ3v) is 4.73. The van der Waals surface area contributed by atoms with E-state index in [1.807, 2.05) is 32.9 Å². The second-order valence-corrected chi connectivity index (χ2v) is 7.18. The monoisotopic (exact) mass is 398 g/mol. The highest BCUT2D eigenvalue weighted by Crippen LogP contribution is 2.24. The highest BCUT2D eigenvalue weighted by atomic mass is 16.6. The molecule has 2 amide bonds. The molecule has 0 saturated carbocycles. The Kier molecular flexibility index (Phi) is 7.06. The molecule has 0 heterocycles. The summed E-state index contributed by atoms with van der Waals surface area (Å²) in [6.07, 6.45) is 0. The Balaban J connectivity index is 2.01. The fourth-order valence-corrected chi connectivity index (χ4v) is 3.10. The molecule has 2 N–H and O–H groups in total. The van der Waals surface area contributed by atoms with Gasteiger partial charge in [0, 0.05) is 11.8 Å². The molecule has 8 nitrogen and oxygen atoms in total. The van der Waals surface area contributed by atoms with Gasteiger partial charge in [-0.15, -0.1) is 0 Å². The zero-order chi connectivity index (χ0) is 21.7. The Hall–Kier alpha value is -3.26. The van der Waals surface area contributed by atoms with E-state index in [0.29, 0.717) is 0 Å². The van der Waals surface area contributed by atoms with E-state index >= 15 is 0 Å². The maximum absolute atomic E-state index is 12.5. The number of nitro benzene ring substituents is 1. The zero-order valence-electron chi connectivity index (χ0n) is 17.3. The maximum atomic E-state index is 12.5. The Morgan fingerprint density at radius 1 is 1.10 bits per heavy atom. The molecule has 2 aromatic rings. The van der Waals surface area contributed by atoms with E-state index in [4.69, 9.17) is 0 Å². The van der Waals surface area contributed by atoms with Crippen LogP contribution >= 0.6 is 0 Å². The molecule has 0 aliphatic rings. The van der Waals surface area contributed by atoms with Crippen molar-refractivity contribution in [1.29, 1.82) is 0 Å². The molecule has 154 valence electrons. The van der Waals surface area contributed by atoms with E-state index in [2.05, 4.69) is 10.6 Å². The summed E-state index contributed by atoms with van der Waals surface area (Å²) >= 11 is 0. The number of nitrogens with zero attached hydrogens (tertiary/aromatic N) is 2. The fourth-order valence-electron chi connectivity index (χ4n) is 3.10. The van der Waals surface area contributed by atoms with Gasteiger partial charge in [-0.05, 0) is 51.9 Å². The van der Waals surface area contributed by atoms with Crippen molar-refractivity contribution in [3.05, 3.63) is 63.2 Å². The quantitative estimate of drug-likeness (QED) is 0.549. The Morgan fingerprint density at radius 2 is 1.69 bits per heavy atom. The lowest BCUT2D eigenvalue weighted by Gasteiger charge is -2.23. The lowest BCUT2D eigenvalue weighted by Crippen LogP contribution is -2.43. The molecule has 0 aliphatic carbocycles. The molecule has 0 spiro atoms. The molecule has 0 saturated heterocycles. The lowest BCUT2D eigenvalue weighted by atomic mass is 10.1. The van der Waals surface area contributed by atoms with E-state index in [9.17, 15) is 19.7 Å². The third kappa shape index (κ3) is 5.61. The molecule has 1 atom stereocenters. The summed E-state index contributed by atoms with van der Waals surface area (Å²) in [6, 6.07) is 9.26. The lowest BCUT2D eigenvalue weighted by molar-refractivity contribution is -0.383. The van der Waals surface area contributed by atoms with Gasteiger partial charge < -0.3 is 10.6 Å². The van der Waals surface area contributed by atoms with Crippen LogP contribution in [-0.4, -0.2) is 41.3 Å². The maximum Gasteiger partial charge on any atom is 0.292 e. The number of carbonyl (C=O) groups excluding carboxylic acids is 2. The first kappa shape index (κ1) is 22.0. The second kappa shape index (κ2) is 9.29. The Bertz CT molecular complexity index is 919. The number of hydrogen-bond donors (Lipinski definition) is 2. The smallest absolute Gasteiger partial charge is 0.292 e. The number of nitro groups is 1. The number of benzene rings is 2. The van der Waals surface area contributed by atoms with Crippen molar-refractivity contribution in [1.82, 2.24) is 4.90 Å². The minimum atomic E-state index is -0.666. The topological polar surface area (TPSA) is 105 Å².